The van der Waals surface area contributed by atoms with Gasteiger partial charge in [0, 0.05) is 24.7 Å². The van der Waals surface area contributed by atoms with Gasteiger partial charge in [-0.3, -0.25) is 0 Å². The highest BCUT2D eigenvalue weighted by atomic mass is 35.5. The van der Waals surface area contributed by atoms with E-state index in [4.69, 9.17) is 11.6 Å². The SMILES string of the molecule is Cc1ccc(Nc2cc(-c3ccccc3)nc(NCCN(C)C)n2)c(Cl)c1. The van der Waals surface area contributed by atoms with Gasteiger partial charge in [-0.05, 0) is 38.7 Å². The number of likely N-dealkylation sites (N-methyl/N-ethyl adjacent to an activating group) is 1. The smallest absolute Gasteiger partial charge is 0.225 e. The Morgan fingerprint density at radius 3 is 2.48 bits per heavy atom. The zero-order valence-corrected chi connectivity index (χ0v) is 16.6. The van der Waals surface area contributed by atoms with Crippen molar-refractivity contribution in [2.75, 3.05) is 37.8 Å². The Morgan fingerprint density at radius 2 is 1.78 bits per heavy atom. The van der Waals surface area contributed by atoms with Gasteiger partial charge in [-0.15, -0.1) is 0 Å². The van der Waals surface area contributed by atoms with Crippen LogP contribution >= 0.6 is 11.6 Å². The molecule has 0 amide bonds. The van der Waals surface area contributed by atoms with Crippen LogP contribution in [0.2, 0.25) is 5.02 Å². The molecule has 5 nitrogen and oxygen atoms in total. The fourth-order valence-corrected chi connectivity index (χ4v) is 2.88. The van der Waals surface area contributed by atoms with E-state index in [1.54, 1.807) is 0 Å². The van der Waals surface area contributed by atoms with Crippen molar-refractivity contribution >= 4 is 29.1 Å². The second-order valence-electron chi connectivity index (χ2n) is 6.67. The van der Waals surface area contributed by atoms with Crippen LogP contribution in [0.5, 0.6) is 0 Å². The maximum Gasteiger partial charge on any atom is 0.225 e. The van der Waals surface area contributed by atoms with Gasteiger partial charge in [-0.2, -0.15) is 4.98 Å². The molecule has 2 N–H and O–H groups in total. The Balaban J connectivity index is 1.91. The number of rotatable bonds is 7. The molecule has 0 aliphatic rings. The number of halogens is 1. The molecule has 6 heteroatoms. The maximum atomic E-state index is 6.37. The first kappa shape index (κ1) is 19.1. The third-order valence-corrected chi connectivity index (χ3v) is 4.34. The lowest BCUT2D eigenvalue weighted by atomic mass is 10.1. The number of benzene rings is 2. The van der Waals surface area contributed by atoms with Crippen molar-refractivity contribution in [1.82, 2.24) is 14.9 Å². The zero-order chi connectivity index (χ0) is 19.2. The van der Waals surface area contributed by atoms with Crippen molar-refractivity contribution in [2.45, 2.75) is 6.92 Å². The minimum absolute atomic E-state index is 0.587. The number of hydrogen-bond acceptors (Lipinski definition) is 5. The molecular formula is C21H24ClN5. The Kier molecular flexibility index (Phi) is 6.27. The molecule has 27 heavy (non-hydrogen) atoms. The van der Waals surface area contributed by atoms with E-state index >= 15 is 0 Å². The normalized spacial score (nSPS) is 10.9. The standard InChI is InChI=1S/C21H24ClN5/c1-15-9-10-18(17(22)13-15)24-20-14-19(16-7-5-4-6-8-16)25-21(26-20)23-11-12-27(2)3/h4-10,13-14H,11-12H2,1-3H3,(H2,23,24,25,26). The van der Waals surface area contributed by atoms with Crippen molar-refractivity contribution in [1.29, 1.82) is 0 Å². The van der Waals surface area contributed by atoms with Crippen LogP contribution in [0.25, 0.3) is 11.3 Å². The highest BCUT2D eigenvalue weighted by Crippen LogP contribution is 2.28. The van der Waals surface area contributed by atoms with Crippen molar-refractivity contribution < 1.29 is 0 Å². The summed E-state index contributed by atoms with van der Waals surface area (Å²) >= 11 is 6.37. The monoisotopic (exact) mass is 381 g/mol. The van der Waals surface area contributed by atoms with Gasteiger partial charge in [0.05, 0.1) is 16.4 Å². The molecule has 1 heterocycles. The first-order valence-electron chi connectivity index (χ1n) is 8.87. The molecular weight excluding hydrogens is 358 g/mol. The predicted molar refractivity (Wildman–Crippen MR) is 114 cm³/mol. The molecule has 0 unspecified atom stereocenters. The Bertz CT molecular complexity index is 896. The number of aryl methyl sites for hydroxylation is 1. The average Bonchev–Trinajstić information content (AvgIpc) is 2.64. The molecule has 140 valence electrons. The molecule has 3 rings (SSSR count). The molecule has 2 aromatic carbocycles. The summed E-state index contributed by atoms with van der Waals surface area (Å²) in [5.74, 6) is 1.28. The van der Waals surface area contributed by atoms with Crippen molar-refractivity contribution in [3.8, 4) is 11.3 Å². The average molecular weight is 382 g/mol. The van der Waals surface area contributed by atoms with Gasteiger partial charge in [-0.1, -0.05) is 48.0 Å². The van der Waals surface area contributed by atoms with E-state index in [1.807, 2.05) is 75.6 Å². The zero-order valence-electron chi connectivity index (χ0n) is 15.8. The quantitative estimate of drug-likeness (QED) is 0.614. The van der Waals surface area contributed by atoms with Crippen LogP contribution in [0.4, 0.5) is 17.5 Å². The third-order valence-electron chi connectivity index (χ3n) is 4.03. The summed E-state index contributed by atoms with van der Waals surface area (Å²) in [5, 5.41) is 7.28. The minimum Gasteiger partial charge on any atom is -0.353 e. The number of hydrogen-bond donors (Lipinski definition) is 2. The van der Waals surface area contributed by atoms with E-state index in [-0.39, 0.29) is 0 Å². The molecule has 0 saturated carbocycles. The topological polar surface area (TPSA) is 53.1 Å². The summed E-state index contributed by atoms with van der Waals surface area (Å²) in [5.41, 5.74) is 3.82. The van der Waals surface area contributed by atoms with Gasteiger partial charge < -0.3 is 15.5 Å². The maximum absolute atomic E-state index is 6.37. The second-order valence-corrected chi connectivity index (χ2v) is 7.07. The van der Waals surface area contributed by atoms with E-state index in [0.717, 1.165) is 35.6 Å². The Morgan fingerprint density at radius 1 is 1.00 bits per heavy atom. The summed E-state index contributed by atoms with van der Waals surface area (Å²) in [7, 11) is 4.07. The highest BCUT2D eigenvalue weighted by molar-refractivity contribution is 6.33. The predicted octanol–water partition coefficient (Wildman–Crippen LogP) is 4.82. The number of aromatic nitrogens is 2. The van der Waals surface area contributed by atoms with Crippen molar-refractivity contribution in [3.63, 3.8) is 0 Å². The van der Waals surface area contributed by atoms with Crippen LogP contribution in [0.3, 0.4) is 0 Å². The summed E-state index contributed by atoms with van der Waals surface area (Å²) in [6.07, 6.45) is 0. The largest absolute Gasteiger partial charge is 0.353 e. The fraction of sp³-hybridized carbons (Fsp3) is 0.238. The van der Waals surface area contributed by atoms with E-state index in [0.29, 0.717) is 16.8 Å². The lowest BCUT2D eigenvalue weighted by molar-refractivity contribution is 0.425. The van der Waals surface area contributed by atoms with Crippen molar-refractivity contribution in [3.05, 3.63) is 65.2 Å². The summed E-state index contributed by atoms with van der Waals surface area (Å²) in [6.45, 7) is 3.67. The van der Waals surface area contributed by atoms with Gasteiger partial charge >= 0.3 is 0 Å². The Hall–Kier alpha value is -2.63. The lowest BCUT2D eigenvalue weighted by Crippen LogP contribution is -2.21. The molecule has 0 saturated heterocycles. The summed E-state index contributed by atoms with van der Waals surface area (Å²) in [6, 6.07) is 17.9. The van der Waals surface area contributed by atoms with E-state index < -0.39 is 0 Å². The van der Waals surface area contributed by atoms with Crippen LogP contribution < -0.4 is 10.6 Å². The van der Waals surface area contributed by atoms with E-state index in [2.05, 4.69) is 25.5 Å². The molecule has 0 fully saturated rings. The number of nitrogens with zero attached hydrogens (tertiary/aromatic N) is 3. The van der Waals surface area contributed by atoms with Crippen LogP contribution in [-0.2, 0) is 0 Å². The summed E-state index contributed by atoms with van der Waals surface area (Å²) in [4.78, 5) is 11.4. The van der Waals surface area contributed by atoms with Crippen molar-refractivity contribution in [2.24, 2.45) is 0 Å². The molecule has 0 spiro atoms. The lowest BCUT2D eigenvalue weighted by Gasteiger charge is -2.14. The van der Waals surface area contributed by atoms with Crippen LogP contribution in [-0.4, -0.2) is 42.1 Å². The highest BCUT2D eigenvalue weighted by Gasteiger charge is 2.09. The number of anilines is 3. The molecule has 0 aliphatic carbocycles. The molecule has 0 atom stereocenters. The van der Waals surface area contributed by atoms with E-state index in [1.165, 1.54) is 0 Å². The van der Waals surface area contributed by atoms with Gasteiger partial charge in [0.25, 0.3) is 0 Å². The summed E-state index contributed by atoms with van der Waals surface area (Å²) < 4.78 is 0. The third kappa shape index (κ3) is 5.42. The van der Waals surface area contributed by atoms with Crippen LogP contribution in [0, 0.1) is 6.92 Å². The molecule has 0 aliphatic heterocycles. The number of nitrogens with one attached hydrogen (secondary N) is 2. The molecule has 3 aromatic rings. The van der Waals surface area contributed by atoms with E-state index in [9.17, 15) is 0 Å². The van der Waals surface area contributed by atoms with Gasteiger partial charge in [0.15, 0.2) is 0 Å². The molecule has 0 radical (unpaired) electrons. The Labute approximate surface area is 165 Å². The van der Waals surface area contributed by atoms with Gasteiger partial charge in [0.1, 0.15) is 5.82 Å². The van der Waals surface area contributed by atoms with Gasteiger partial charge in [0.2, 0.25) is 5.95 Å². The van der Waals surface area contributed by atoms with Crippen LogP contribution in [0.1, 0.15) is 5.56 Å². The molecule has 0 bridgehead atoms. The van der Waals surface area contributed by atoms with Crippen LogP contribution in [0.15, 0.2) is 54.6 Å². The molecule has 1 aromatic heterocycles. The van der Waals surface area contributed by atoms with Gasteiger partial charge in [-0.25, -0.2) is 4.98 Å². The minimum atomic E-state index is 0.587. The first-order valence-corrected chi connectivity index (χ1v) is 9.25. The fourth-order valence-electron chi connectivity index (χ4n) is 2.60. The second kappa shape index (κ2) is 8.84. The first-order chi connectivity index (χ1) is 13.0.